The minimum Gasteiger partial charge on any atom is -0.497 e. The zero-order chi connectivity index (χ0) is 15.2. The second kappa shape index (κ2) is 6.70. The first-order valence-electron chi connectivity index (χ1n) is 6.50. The molecule has 0 saturated carbocycles. The van der Waals surface area contributed by atoms with E-state index in [4.69, 9.17) is 9.47 Å². The number of hydrogen-bond donors (Lipinski definition) is 0. The molecule has 1 aromatic heterocycles. The number of ketones is 1. The van der Waals surface area contributed by atoms with Crippen LogP contribution in [0.25, 0.3) is 11.6 Å². The van der Waals surface area contributed by atoms with Crippen molar-refractivity contribution < 1.29 is 14.3 Å². The van der Waals surface area contributed by atoms with Crippen LogP contribution in [0.15, 0.2) is 42.7 Å². The zero-order valence-corrected chi connectivity index (χ0v) is 12.3. The number of allylic oxidation sites excluding steroid dienone is 1. The summed E-state index contributed by atoms with van der Waals surface area (Å²) in [5, 5.41) is 0. The number of carbonyl (C=O) groups is 1. The number of pyridine rings is 1. The molecule has 0 radical (unpaired) electrons. The standard InChI is InChI=1S/C17H17NO3/c1-12(19)17(14-4-6-18-7-5-14)10-13-8-15(20-2)11-16(9-13)21-3/h4-11H,1-3H3/b17-10-. The van der Waals surface area contributed by atoms with Crippen LogP contribution < -0.4 is 9.47 Å². The highest BCUT2D eigenvalue weighted by Gasteiger charge is 2.08. The van der Waals surface area contributed by atoms with E-state index >= 15 is 0 Å². The van der Waals surface area contributed by atoms with E-state index in [0.717, 1.165) is 11.1 Å². The average molecular weight is 283 g/mol. The number of ether oxygens (including phenoxy) is 2. The van der Waals surface area contributed by atoms with Crippen molar-refractivity contribution in [3.05, 3.63) is 53.9 Å². The first-order chi connectivity index (χ1) is 10.1. The number of hydrogen-bond acceptors (Lipinski definition) is 4. The maximum atomic E-state index is 11.9. The topological polar surface area (TPSA) is 48.4 Å². The van der Waals surface area contributed by atoms with Gasteiger partial charge in [0, 0.05) is 24.0 Å². The molecule has 2 aromatic rings. The maximum Gasteiger partial charge on any atom is 0.160 e. The molecule has 1 aromatic carbocycles. The van der Waals surface area contributed by atoms with E-state index in [1.54, 1.807) is 39.6 Å². The number of rotatable bonds is 5. The SMILES string of the molecule is COc1cc(/C=C(/C(C)=O)c2ccncc2)cc(OC)c1. The van der Waals surface area contributed by atoms with Crippen molar-refractivity contribution in [2.75, 3.05) is 14.2 Å². The summed E-state index contributed by atoms with van der Waals surface area (Å²) < 4.78 is 10.5. The number of carbonyl (C=O) groups excluding carboxylic acids is 1. The molecule has 0 aliphatic heterocycles. The van der Waals surface area contributed by atoms with E-state index in [2.05, 4.69) is 4.98 Å². The van der Waals surface area contributed by atoms with Gasteiger partial charge in [-0.25, -0.2) is 0 Å². The Morgan fingerprint density at radius 2 is 1.62 bits per heavy atom. The number of methoxy groups -OCH3 is 2. The summed E-state index contributed by atoms with van der Waals surface area (Å²) in [5.74, 6) is 1.35. The maximum absolute atomic E-state index is 11.9. The third kappa shape index (κ3) is 3.69. The summed E-state index contributed by atoms with van der Waals surface area (Å²) in [7, 11) is 3.19. The van der Waals surface area contributed by atoms with Crippen molar-refractivity contribution in [1.82, 2.24) is 4.98 Å². The summed E-state index contributed by atoms with van der Waals surface area (Å²) in [4.78, 5) is 15.9. The molecule has 0 aliphatic rings. The second-order valence-corrected chi connectivity index (χ2v) is 4.50. The fourth-order valence-corrected chi connectivity index (χ4v) is 2.00. The lowest BCUT2D eigenvalue weighted by Gasteiger charge is -2.08. The van der Waals surface area contributed by atoms with Crippen LogP contribution in [-0.2, 0) is 4.79 Å². The molecule has 0 amide bonds. The Bertz CT molecular complexity index is 641. The lowest BCUT2D eigenvalue weighted by molar-refractivity contribution is -0.111. The molecule has 0 atom stereocenters. The number of benzene rings is 1. The third-order valence-electron chi connectivity index (χ3n) is 3.06. The highest BCUT2D eigenvalue weighted by molar-refractivity contribution is 6.24. The van der Waals surface area contributed by atoms with E-state index in [1.165, 1.54) is 0 Å². The Hall–Kier alpha value is -2.62. The van der Waals surface area contributed by atoms with Gasteiger partial charge < -0.3 is 9.47 Å². The van der Waals surface area contributed by atoms with Crippen molar-refractivity contribution in [1.29, 1.82) is 0 Å². The molecule has 21 heavy (non-hydrogen) atoms. The van der Waals surface area contributed by atoms with E-state index in [-0.39, 0.29) is 5.78 Å². The van der Waals surface area contributed by atoms with Crippen molar-refractivity contribution in [2.24, 2.45) is 0 Å². The molecule has 108 valence electrons. The normalized spacial score (nSPS) is 11.1. The minimum absolute atomic E-state index is 0.0111. The molecule has 2 rings (SSSR count). The molecule has 0 fully saturated rings. The molecular formula is C17H17NO3. The number of aromatic nitrogens is 1. The Morgan fingerprint density at radius 3 is 2.10 bits per heavy atom. The molecule has 0 spiro atoms. The monoisotopic (exact) mass is 283 g/mol. The third-order valence-corrected chi connectivity index (χ3v) is 3.06. The lowest BCUT2D eigenvalue weighted by atomic mass is 10.0. The summed E-state index contributed by atoms with van der Waals surface area (Å²) in [5.41, 5.74) is 2.29. The molecule has 0 N–H and O–H groups in total. The molecule has 0 unspecified atom stereocenters. The second-order valence-electron chi connectivity index (χ2n) is 4.50. The van der Waals surface area contributed by atoms with Crippen LogP contribution in [0.4, 0.5) is 0 Å². The predicted molar refractivity (Wildman–Crippen MR) is 82.3 cm³/mol. The fourth-order valence-electron chi connectivity index (χ4n) is 2.00. The predicted octanol–water partition coefficient (Wildman–Crippen LogP) is 3.23. The van der Waals surface area contributed by atoms with Crippen LogP contribution in [0.3, 0.4) is 0 Å². The van der Waals surface area contributed by atoms with Gasteiger partial charge in [-0.1, -0.05) is 0 Å². The zero-order valence-electron chi connectivity index (χ0n) is 12.3. The first-order valence-corrected chi connectivity index (χ1v) is 6.50. The average Bonchev–Trinajstić information content (AvgIpc) is 2.52. The smallest absolute Gasteiger partial charge is 0.160 e. The molecule has 0 aliphatic carbocycles. The van der Waals surface area contributed by atoms with Crippen LogP contribution >= 0.6 is 0 Å². The highest BCUT2D eigenvalue weighted by Crippen LogP contribution is 2.26. The molecule has 0 bridgehead atoms. The van der Waals surface area contributed by atoms with Gasteiger partial charge >= 0.3 is 0 Å². The quantitative estimate of drug-likeness (QED) is 0.790. The van der Waals surface area contributed by atoms with Gasteiger partial charge in [-0.05, 0) is 48.4 Å². The van der Waals surface area contributed by atoms with Gasteiger partial charge in [0.05, 0.1) is 14.2 Å². The fraction of sp³-hybridized carbons (Fsp3) is 0.176. The van der Waals surface area contributed by atoms with Crippen LogP contribution in [0.5, 0.6) is 11.5 Å². The Balaban J connectivity index is 2.50. The number of nitrogens with zero attached hydrogens (tertiary/aromatic N) is 1. The van der Waals surface area contributed by atoms with Crippen LogP contribution in [0.2, 0.25) is 0 Å². The van der Waals surface area contributed by atoms with Crippen LogP contribution in [-0.4, -0.2) is 25.0 Å². The van der Waals surface area contributed by atoms with Gasteiger partial charge in [-0.2, -0.15) is 0 Å². The van der Waals surface area contributed by atoms with E-state index in [1.807, 2.05) is 30.3 Å². The Labute approximate surface area is 124 Å². The van der Waals surface area contributed by atoms with Crippen LogP contribution in [0.1, 0.15) is 18.1 Å². The van der Waals surface area contributed by atoms with Gasteiger partial charge in [0.2, 0.25) is 0 Å². The van der Waals surface area contributed by atoms with Crippen molar-refractivity contribution in [2.45, 2.75) is 6.92 Å². The van der Waals surface area contributed by atoms with E-state index in [0.29, 0.717) is 17.1 Å². The van der Waals surface area contributed by atoms with Gasteiger partial charge in [0.25, 0.3) is 0 Å². The Morgan fingerprint density at radius 1 is 1.05 bits per heavy atom. The molecule has 0 saturated heterocycles. The molecule has 1 heterocycles. The Kier molecular flexibility index (Phi) is 4.72. The lowest BCUT2D eigenvalue weighted by Crippen LogP contribution is -1.96. The molecule has 4 heteroatoms. The summed E-state index contributed by atoms with van der Waals surface area (Å²) in [6.45, 7) is 1.55. The summed E-state index contributed by atoms with van der Waals surface area (Å²) in [6.07, 6.45) is 5.15. The van der Waals surface area contributed by atoms with Gasteiger partial charge in [0.1, 0.15) is 11.5 Å². The van der Waals surface area contributed by atoms with E-state index in [9.17, 15) is 4.79 Å². The van der Waals surface area contributed by atoms with Crippen LogP contribution in [0, 0.1) is 0 Å². The first kappa shape index (κ1) is 14.8. The van der Waals surface area contributed by atoms with Crippen molar-refractivity contribution >= 4 is 17.4 Å². The van der Waals surface area contributed by atoms with Gasteiger partial charge in [-0.3, -0.25) is 9.78 Å². The highest BCUT2D eigenvalue weighted by atomic mass is 16.5. The summed E-state index contributed by atoms with van der Waals surface area (Å²) in [6, 6.07) is 9.12. The molecule has 4 nitrogen and oxygen atoms in total. The minimum atomic E-state index is -0.0111. The van der Waals surface area contributed by atoms with E-state index < -0.39 is 0 Å². The van der Waals surface area contributed by atoms with Gasteiger partial charge in [0.15, 0.2) is 5.78 Å². The van der Waals surface area contributed by atoms with Crippen molar-refractivity contribution in [3.63, 3.8) is 0 Å². The largest absolute Gasteiger partial charge is 0.497 e. The number of Topliss-reactive ketones (excluding diaryl/α,β-unsaturated/α-hetero) is 1. The molecular weight excluding hydrogens is 266 g/mol. The summed E-state index contributed by atoms with van der Waals surface area (Å²) >= 11 is 0. The van der Waals surface area contributed by atoms with Crippen molar-refractivity contribution in [3.8, 4) is 11.5 Å². The van der Waals surface area contributed by atoms with Gasteiger partial charge in [-0.15, -0.1) is 0 Å².